The van der Waals surface area contributed by atoms with Crippen LogP contribution in [0.2, 0.25) is 0 Å². The fourth-order valence-electron chi connectivity index (χ4n) is 3.52. The van der Waals surface area contributed by atoms with Crippen LogP contribution in [0.5, 0.6) is 0 Å². The third kappa shape index (κ3) is 2.84. The van der Waals surface area contributed by atoms with Crippen LogP contribution in [0.25, 0.3) is 0 Å². The van der Waals surface area contributed by atoms with Crippen LogP contribution in [0.15, 0.2) is 12.2 Å². The topological polar surface area (TPSA) is 32.8 Å². The van der Waals surface area contributed by atoms with E-state index in [1.165, 1.54) is 19.3 Å². The summed E-state index contributed by atoms with van der Waals surface area (Å²) in [5.74, 6) is 0.333. The van der Waals surface area contributed by atoms with E-state index in [-0.39, 0.29) is 6.04 Å². The normalized spacial score (nSPS) is 32.7. The molecule has 4 nitrogen and oxygen atoms in total. The number of carbonyl (C=O) groups is 1. The molecule has 0 unspecified atom stereocenters. The van der Waals surface area contributed by atoms with Crippen molar-refractivity contribution in [2.75, 3.05) is 32.8 Å². The second-order valence-corrected chi connectivity index (χ2v) is 5.76. The van der Waals surface area contributed by atoms with Crippen molar-refractivity contribution in [2.24, 2.45) is 0 Å². The zero-order valence-electron chi connectivity index (χ0n) is 11.6. The molecule has 4 heteroatoms. The maximum absolute atomic E-state index is 12.7. The Morgan fingerprint density at radius 3 is 2.68 bits per heavy atom. The molecule has 2 atom stereocenters. The van der Waals surface area contributed by atoms with Crippen LogP contribution in [0.3, 0.4) is 0 Å². The van der Waals surface area contributed by atoms with Gasteiger partial charge in [0.25, 0.3) is 0 Å². The molecule has 0 aromatic carbocycles. The van der Waals surface area contributed by atoms with E-state index in [0.29, 0.717) is 25.2 Å². The molecule has 0 N–H and O–H groups in total. The minimum Gasteiger partial charge on any atom is -0.378 e. The summed E-state index contributed by atoms with van der Waals surface area (Å²) in [5.41, 5.74) is 0. The maximum Gasteiger partial charge on any atom is 0.240 e. The fourth-order valence-corrected chi connectivity index (χ4v) is 3.52. The highest BCUT2D eigenvalue weighted by Gasteiger charge is 2.37. The van der Waals surface area contributed by atoms with Gasteiger partial charge in [0, 0.05) is 19.1 Å². The molecule has 2 aliphatic heterocycles. The van der Waals surface area contributed by atoms with Gasteiger partial charge >= 0.3 is 0 Å². The summed E-state index contributed by atoms with van der Waals surface area (Å²) in [7, 11) is 0. The molecule has 3 aliphatic rings. The Labute approximate surface area is 115 Å². The van der Waals surface area contributed by atoms with Gasteiger partial charge in [-0.25, -0.2) is 0 Å². The zero-order chi connectivity index (χ0) is 13.1. The summed E-state index contributed by atoms with van der Waals surface area (Å²) in [6.45, 7) is 4.01. The molecule has 1 aliphatic carbocycles. The minimum absolute atomic E-state index is 0.117. The Hall–Kier alpha value is -0.870. The number of amides is 1. The van der Waals surface area contributed by atoms with Crippen LogP contribution in [-0.2, 0) is 9.53 Å². The lowest BCUT2D eigenvalue weighted by molar-refractivity contribution is -0.140. The molecule has 0 aromatic heterocycles. The SMILES string of the molecule is O=C([C@@H]1CCCN1[C@@H]1C=CCCC1)N1CCOCC1. The van der Waals surface area contributed by atoms with Crippen LogP contribution >= 0.6 is 0 Å². The van der Waals surface area contributed by atoms with Crippen molar-refractivity contribution < 1.29 is 9.53 Å². The molecule has 0 aromatic rings. The molecule has 2 fully saturated rings. The predicted octanol–water partition coefficient (Wildman–Crippen LogP) is 1.42. The number of hydrogen-bond donors (Lipinski definition) is 0. The average Bonchev–Trinajstić information content (AvgIpc) is 2.98. The Morgan fingerprint density at radius 2 is 1.95 bits per heavy atom. The van der Waals surface area contributed by atoms with Crippen molar-refractivity contribution in [3.8, 4) is 0 Å². The summed E-state index contributed by atoms with van der Waals surface area (Å²) in [5, 5.41) is 0. The number of allylic oxidation sites excluding steroid dienone is 1. The average molecular weight is 264 g/mol. The highest BCUT2D eigenvalue weighted by atomic mass is 16.5. The van der Waals surface area contributed by atoms with Crippen LogP contribution in [0, 0.1) is 0 Å². The molecule has 0 spiro atoms. The van der Waals surface area contributed by atoms with Gasteiger partial charge < -0.3 is 9.64 Å². The van der Waals surface area contributed by atoms with Crippen molar-refractivity contribution in [3.05, 3.63) is 12.2 Å². The first-order valence-corrected chi connectivity index (χ1v) is 7.65. The summed E-state index contributed by atoms with van der Waals surface area (Å²) in [6, 6.07) is 0.608. The molecule has 19 heavy (non-hydrogen) atoms. The van der Waals surface area contributed by atoms with Crippen molar-refractivity contribution in [1.82, 2.24) is 9.80 Å². The van der Waals surface area contributed by atoms with E-state index < -0.39 is 0 Å². The number of likely N-dealkylation sites (tertiary alicyclic amines) is 1. The lowest BCUT2D eigenvalue weighted by Gasteiger charge is -2.36. The summed E-state index contributed by atoms with van der Waals surface area (Å²) < 4.78 is 5.34. The third-order valence-electron chi connectivity index (χ3n) is 4.56. The number of carbonyl (C=O) groups excluding carboxylic acids is 1. The number of nitrogens with zero attached hydrogens (tertiary/aromatic N) is 2. The first-order chi connectivity index (χ1) is 9.36. The lowest BCUT2D eigenvalue weighted by atomic mass is 10.0. The van der Waals surface area contributed by atoms with E-state index in [4.69, 9.17) is 4.74 Å². The number of hydrogen-bond acceptors (Lipinski definition) is 3. The molecule has 0 saturated carbocycles. The maximum atomic E-state index is 12.7. The molecule has 3 rings (SSSR count). The van der Waals surface area contributed by atoms with Crippen molar-refractivity contribution in [1.29, 1.82) is 0 Å². The van der Waals surface area contributed by atoms with E-state index >= 15 is 0 Å². The Balaban J connectivity index is 1.66. The first-order valence-electron chi connectivity index (χ1n) is 7.65. The lowest BCUT2D eigenvalue weighted by Crippen LogP contribution is -2.51. The largest absolute Gasteiger partial charge is 0.378 e. The summed E-state index contributed by atoms with van der Waals surface area (Å²) in [6.07, 6.45) is 10.5. The Kier molecular flexibility index (Phi) is 4.18. The molecule has 2 saturated heterocycles. The van der Waals surface area contributed by atoms with Crippen molar-refractivity contribution in [2.45, 2.75) is 44.2 Å². The third-order valence-corrected chi connectivity index (χ3v) is 4.56. The standard InChI is InChI=1S/C15H24N2O2/c18-15(16-9-11-19-12-10-16)14-7-4-8-17(14)13-5-2-1-3-6-13/h2,5,13-14H,1,3-4,6-12H2/t13-,14+/m1/s1. The van der Waals surface area contributed by atoms with Gasteiger partial charge in [-0.3, -0.25) is 9.69 Å². The molecular weight excluding hydrogens is 240 g/mol. The highest BCUT2D eigenvalue weighted by Crippen LogP contribution is 2.27. The van der Waals surface area contributed by atoms with Gasteiger partial charge in [-0.15, -0.1) is 0 Å². The summed E-state index contributed by atoms with van der Waals surface area (Å²) >= 11 is 0. The Morgan fingerprint density at radius 1 is 1.11 bits per heavy atom. The second-order valence-electron chi connectivity index (χ2n) is 5.76. The van der Waals surface area contributed by atoms with Gasteiger partial charge in [-0.2, -0.15) is 0 Å². The molecule has 0 bridgehead atoms. The molecular formula is C15H24N2O2. The van der Waals surface area contributed by atoms with Gasteiger partial charge in [0.2, 0.25) is 5.91 Å². The smallest absolute Gasteiger partial charge is 0.240 e. The zero-order valence-corrected chi connectivity index (χ0v) is 11.6. The van der Waals surface area contributed by atoms with E-state index in [0.717, 1.165) is 32.5 Å². The second kappa shape index (κ2) is 6.06. The van der Waals surface area contributed by atoms with E-state index in [1.807, 2.05) is 4.90 Å². The van der Waals surface area contributed by atoms with Gasteiger partial charge in [0.05, 0.1) is 19.3 Å². The molecule has 2 heterocycles. The van der Waals surface area contributed by atoms with Gasteiger partial charge in [0.15, 0.2) is 0 Å². The quantitative estimate of drug-likeness (QED) is 0.707. The van der Waals surface area contributed by atoms with E-state index in [2.05, 4.69) is 17.1 Å². The van der Waals surface area contributed by atoms with Gasteiger partial charge in [0.1, 0.15) is 0 Å². The van der Waals surface area contributed by atoms with Gasteiger partial charge in [-0.05, 0) is 38.6 Å². The van der Waals surface area contributed by atoms with E-state index in [1.54, 1.807) is 0 Å². The van der Waals surface area contributed by atoms with E-state index in [9.17, 15) is 4.79 Å². The summed E-state index contributed by atoms with van der Waals surface area (Å²) in [4.78, 5) is 17.1. The first kappa shape index (κ1) is 13.1. The number of morpholine rings is 1. The van der Waals surface area contributed by atoms with Crippen LogP contribution in [0.4, 0.5) is 0 Å². The van der Waals surface area contributed by atoms with Gasteiger partial charge in [-0.1, -0.05) is 12.2 Å². The molecule has 1 amide bonds. The van der Waals surface area contributed by atoms with Crippen LogP contribution in [0.1, 0.15) is 32.1 Å². The van der Waals surface area contributed by atoms with Crippen molar-refractivity contribution >= 4 is 5.91 Å². The Bertz CT molecular complexity index is 350. The minimum atomic E-state index is 0.117. The highest BCUT2D eigenvalue weighted by molar-refractivity contribution is 5.82. The van der Waals surface area contributed by atoms with Crippen molar-refractivity contribution in [3.63, 3.8) is 0 Å². The molecule has 0 radical (unpaired) electrons. The number of rotatable bonds is 2. The number of ether oxygens (including phenoxy) is 1. The van der Waals surface area contributed by atoms with Crippen LogP contribution < -0.4 is 0 Å². The predicted molar refractivity (Wildman–Crippen MR) is 73.9 cm³/mol. The fraction of sp³-hybridized carbons (Fsp3) is 0.800. The van der Waals surface area contributed by atoms with Crippen LogP contribution in [-0.4, -0.2) is 60.6 Å². The molecule has 106 valence electrons. The monoisotopic (exact) mass is 264 g/mol.